The molecule has 0 aromatic rings. The van der Waals surface area contributed by atoms with Crippen LogP contribution in [0, 0.1) is 0 Å². The van der Waals surface area contributed by atoms with Gasteiger partial charge in [-0.3, -0.25) is 9.59 Å². The highest BCUT2D eigenvalue weighted by atomic mass is 16.2. The van der Waals surface area contributed by atoms with Crippen LogP contribution >= 0.6 is 0 Å². The Morgan fingerprint density at radius 1 is 1.17 bits per heavy atom. The van der Waals surface area contributed by atoms with E-state index in [1.165, 1.54) is 6.42 Å². The molecule has 128 valence electrons. The summed E-state index contributed by atoms with van der Waals surface area (Å²) in [5, 5.41) is 2.85. The van der Waals surface area contributed by atoms with E-state index in [1.54, 1.807) is 18.9 Å². The van der Waals surface area contributed by atoms with E-state index in [2.05, 4.69) is 5.32 Å². The van der Waals surface area contributed by atoms with E-state index < -0.39 is 17.6 Å². The van der Waals surface area contributed by atoms with Crippen LogP contribution in [0.5, 0.6) is 0 Å². The fourth-order valence-electron chi connectivity index (χ4n) is 4.36. The minimum atomic E-state index is -0.741. The normalized spacial score (nSPS) is 25.7. The summed E-state index contributed by atoms with van der Waals surface area (Å²) in [6.07, 6.45) is 8.81. The molecule has 6 nitrogen and oxygen atoms in total. The van der Waals surface area contributed by atoms with E-state index in [0.717, 1.165) is 43.4 Å². The fraction of sp³-hybridized carbons (Fsp3) is 0.824. The first-order valence-electron chi connectivity index (χ1n) is 8.89. The Bertz CT molecular complexity index is 507. The number of carbonyl (C=O) groups is 3. The molecule has 3 rings (SSSR count). The minimum absolute atomic E-state index is 0.129. The molecule has 1 heterocycles. The summed E-state index contributed by atoms with van der Waals surface area (Å²) in [5.74, 6) is -0.339. The molecule has 0 radical (unpaired) electrons. The third kappa shape index (κ3) is 2.72. The van der Waals surface area contributed by atoms with Gasteiger partial charge in [0.15, 0.2) is 0 Å². The molecule has 2 aliphatic carbocycles. The van der Waals surface area contributed by atoms with Crippen molar-refractivity contribution in [1.29, 1.82) is 0 Å². The van der Waals surface area contributed by atoms with E-state index in [4.69, 9.17) is 0 Å². The van der Waals surface area contributed by atoms with Crippen molar-refractivity contribution in [2.75, 3.05) is 7.05 Å². The van der Waals surface area contributed by atoms with Crippen molar-refractivity contribution in [3.63, 3.8) is 0 Å². The van der Waals surface area contributed by atoms with Crippen LogP contribution in [0.1, 0.15) is 64.7 Å². The van der Waals surface area contributed by atoms with E-state index in [1.807, 2.05) is 0 Å². The van der Waals surface area contributed by atoms with Crippen molar-refractivity contribution in [3.8, 4) is 0 Å². The first-order chi connectivity index (χ1) is 11.0. The van der Waals surface area contributed by atoms with Crippen molar-refractivity contribution >= 4 is 17.8 Å². The maximum atomic E-state index is 12.8. The number of hydrogen-bond donors (Lipinski definition) is 1. The second-order valence-corrected chi connectivity index (χ2v) is 7.31. The van der Waals surface area contributed by atoms with Crippen LogP contribution in [0.4, 0.5) is 4.79 Å². The lowest BCUT2D eigenvalue weighted by atomic mass is 9.94. The first-order valence-corrected chi connectivity index (χ1v) is 8.89. The lowest BCUT2D eigenvalue weighted by Gasteiger charge is -2.34. The van der Waals surface area contributed by atoms with Gasteiger partial charge in [-0.1, -0.05) is 32.1 Å². The largest absolute Gasteiger partial charge is 0.341 e. The van der Waals surface area contributed by atoms with E-state index in [0.29, 0.717) is 12.8 Å². The average molecular weight is 321 g/mol. The number of nitrogens with zero attached hydrogens (tertiary/aromatic N) is 2. The van der Waals surface area contributed by atoms with Crippen molar-refractivity contribution in [3.05, 3.63) is 0 Å². The molecule has 1 N–H and O–H groups in total. The third-order valence-corrected chi connectivity index (χ3v) is 5.87. The first kappa shape index (κ1) is 16.3. The van der Waals surface area contributed by atoms with Gasteiger partial charge in [-0.2, -0.15) is 0 Å². The van der Waals surface area contributed by atoms with Crippen molar-refractivity contribution in [1.82, 2.24) is 15.1 Å². The second-order valence-electron chi connectivity index (χ2n) is 7.31. The summed E-state index contributed by atoms with van der Waals surface area (Å²) in [6, 6.07) is -0.899. The predicted molar refractivity (Wildman–Crippen MR) is 85.7 cm³/mol. The van der Waals surface area contributed by atoms with Crippen LogP contribution in [-0.2, 0) is 9.59 Å². The molecule has 6 heteroatoms. The van der Waals surface area contributed by atoms with Gasteiger partial charge in [0.1, 0.15) is 11.6 Å². The molecule has 1 spiro atoms. The molecular formula is C17H27N3O3. The zero-order chi connectivity index (χ0) is 16.6. The Kier molecular flexibility index (Phi) is 4.34. The topological polar surface area (TPSA) is 69.7 Å². The Morgan fingerprint density at radius 2 is 1.78 bits per heavy atom. The van der Waals surface area contributed by atoms with Crippen molar-refractivity contribution in [2.45, 2.75) is 82.3 Å². The van der Waals surface area contributed by atoms with Crippen LogP contribution < -0.4 is 5.32 Å². The van der Waals surface area contributed by atoms with Gasteiger partial charge in [0.2, 0.25) is 5.91 Å². The number of nitrogens with one attached hydrogen (secondary N) is 1. The standard InChI is InChI=1S/C17H27N3O3/c1-12(14(21)19(2)13-8-4-3-5-9-13)20-15(22)17(18-16(20)23)10-6-7-11-17/h12-13H,3-11H2,1-2H3,(H,18,23). The number of amides is 4. The molecule has 0 bridgehead atoms. The molecule has 1 atom stereocenters. The van der Waals surface area contributed by atoms with Gasteiger partial charge in [0.05, 0.1) is 0 Å². The maximum Gasteiger partial charge on any atom is 0.325 e. The molecule has 1 aliphatic heterocycles. The third-order valence-electron chi connectivity index (χ3n) is 5.87. The summed E-state index contributed by atoms with van der Waals surface area (Å²) < 4.78 is 0. The average Bonchev–Trinajstić information content (AvgIpc) is 3.12. The summed E-state index contributed by atoms with van der Waals surface area (Å²) >= 11 is 0. The summed E-state index contributed by atoms with van der Waals surface area (Å²) in [5.41, 5.74) is -0.741. The molecule has 0 aromatic heterocycles. The highest BCUT2D eigenvalue weighted by Gasteiger charge is 2.54. The molecule has 4 amide bonds. The van der Waals surface area contributed by atoms with Crippen molar-refractivity contribution in [2.24, 2.45) is 0 Å². The highest BCUT2D eigenvalue weighted by molar-refractivity contribution is 6.09. The lowest BCUT2D eigenvalue weighted by molar-refractivity contribution is -0.143. The second kappa shape index (κ2) is 6.13. The number of carbonyl (C=O) groups excluding carboxylic acids is 3. The van der Waals surface area contributed by atoms with Gasteiger partial charge < -0.3 is 10.2 Å². The van der Waals surface area contributed by atoms with Gasteiger partial charge in [-0.05, 0) is 32.6 Å². The molecule has 3 aliphatic rings. The number of rotatable bonds is 3. The van der Waals surface area contributed by atoms with E-state index in [-0.39, 0.29) is 17.9 Å². The minimum Gasteiger partial charge on any atom is -0.341 e. The fourth-order valence-corrected chi connectivity index (χ4v) is 4.36. The monoisotopic (exact) mass is 321 g/mol. The SMILES string of the molecule is CC(C(=O)N(C)C1CCCCC1)N1C(=O)NC2(CCCC2)C1=O. The van der Waals surface area contributed by atoms with Crippen LogP contribution in [0.15, 0.2) is 0 Å². The molecule has 23 heavy (non-hydrogen) atoms. The number of urea groups is 1. The maximum absolute atomic E-state index is 12.8. The van der Waals surface area contributed by atoms with E-state index in [9.17, 15) is 14.4 Å². The Balaban J connectivity index is 1.71. The molecule has 2 saturated carbocycles. The van der Waals surface area contributed by atoms with Crippen LogP contribution in [0.25, 0.3) is 0 Å². The molecule has 3 fully saturated rings. The number of imide groups is 1. The summed E-state index contributed by atoms with van der Waals surface area (Å²) in [6.45, 7) is 1.67. The zero-order valence-corrected chi connectivity index (χ0v) is 14.1. The zero-order valence-electron chi connectivity index (χ0n) is 14.1. The van der Waals surface area contributed by atoms with Crippen LogP contribution in [0.3, 0.4) is 0 Å². The smallest absolute Gasteiger partial charge is 0.325 e. The Hall–Kier alpha value is -1.59. The van der Waals surface area contributed by atoms with E-state index >= 15 is 0 Å². The summed E-state index contributed by atoms with van der Waals surface area (Å²) in [4.78, 5) is 40.8. The van der Waals surface area contributed by atoms with Crippen LogP contribution in [0.2, 0.25) is 0 Å². The molecular weight excluding hydrogens is 294 g/mol. The van der Waals surface area contributed by atoms with Gasteiger partial charge in [0.25, 0.3) is 5.91 Å². The van der Waals surface area contributed by atoms with Crippen molar-refractivity contribution < 1.29 is 14.4 Å². The highest BCUT2D eigenvalue weighted by Crippen LogP contribution is 2.36. The predicted octanol–water partition coefficient (Wildman–Crippen LogP) is 2.03. The lowest BCUT2D eigenvalue weighted by Crippen LogP contribution is -2.52. The van der Waals surface area contributed by atoms with Gasteiger partial charge in [-0.15, -0.1) is 0 Å². The quantitative estimate of drug-likeness (QED) is 0.809. The Labute approximate surface area is 137 Å². The molecule has 1 unspecified atom stereocenters. The number of likely N-dealkylation sites (N-methyl/N-ethyl adjacent to an activating group) is 1. The van der Waals surface area contributed by atoms with Crippen LogP contribution in [-0.4, -0.2) is 52.3 Å². The Morgan fingerprint density at radius 3 is 2.39 bits per heavy atom. The number of hydrogen-bond acceptors (Lipinski definition) is 3. The van der Waals surface area contributed by atoms with Gasteiger partial charge in [0, 0.05) is 13.1 Å². The van der Waals surface area contributed by atoms with Gasteiger partial charge >= 0.3 is 6.03 Å². The van der Waals surface area contributed by atoms with Gasteiger partial charge in [-0.25, -0.2) is 9.69 Å². The summed E-state index contributed by atoms with van der Waals surface area (Å²) in [7, 11) is 1.80. The molecule has 0 aromatic carbocycles. The molecule has 1 saturated heterocycles.